The Morgan fingerprint density at radius 3 is 2.32 bits per heavy atom. The van der Waals surface area contributed by atoms with Crippen molar-refractivity contribution in [2.45, 2.75) is 19.9 Å². The Kier molecular flexibility index (Phi) is 4.17. The zero-order valence-electron chi connectivity index (χ0n) is 11.3. The molecule has 3 heteroatoms. The van der Waals surface area contributed by atoms with Gasteiger partial charge in [-0.25, -0.2) is 4.39 Å². The first-order chi connectivity index (χ1) is 9.13. The van der Waals surface area contributed by atoms with Crippen LogP contribution < -0.4 is 10.6 Å². The Morgan fingerprint density at radius 1 is 1.11 bits per heavy atom. The van der Waals surface area contributed by atoms with Crippen LogP contribution in [0.2, 0.25) is 0 Å². The Bertz CT molecular complexity index is 535. The van der Waals surface area contributed by atoms with E-state index >= 15 is 0 Å². The van der Waals surface area contributed by atoms with Crippen LogP contribution in [-0.4, -0.2) is 6.54 Å². The fourth-order valence-corrected chi connectivity index (χ4v) is 2.23. The van der Waals surface area contributed by atoms with E-state index in [1.165, 1.54) is 12.1 Å². The maximum Gasteiger partial charge on any atom is 0.123 e. The van der Waals surface area contributed by atoms with Crippen LogP contribution in [0.15, 0.2) is 48.5 Å². The largest absolute Gasteiger partial charge is 0.341 e. The van der Waals surface area contributed by atoms with Crippen LogP contribution in [-0.2, 0) is 0 Å². The Hall–Kier alpha value is -1.87. The van der Waals surface area contributed by atoms with Crippen LogP contribution in [0, 0.1) is 5.82 Å². The molecule has 2 aromatic rings. The van der Waals surface area contributed by atoms with Gasteiger partial charge in [0.1, 0.15) is 5.82 Å². The number of para-hydroxylation sites is 1. The zero-order chi connectivity index (χ0) is 13.8. The third-order valence-corrected chi connectivity index (χ3v) is 3.17. The summed E-state index contributed by atoms with van der Waals surface area (Å²) in [5, 5.41) is 0. The van der Waals surface area contributed by atoms with E-state index in [1.54, 1.807) is 12.1 Å². The molecule has 0 aliphatic carbocycles. The fraction of sp³-hybridized carbons (Fsp3) is 0.250. The van der Waals surface area contributed by atoms with Crippen molar-refractivity contribution >= 4 is 11.4 Å². The van der Waals surface area contributed by atoms with Gasteiger partial charge in [0.05, 0.1) is 0 Å². The minimum Gasteiger partial charge on any atom is -0.341 e. The van der Waals surface area contributed by atoms with Gasteiger partial charge in [-0.1, -0.05) is 18.2 Å². The lowest BCUT2D eigenvalue weighted by Gasteiger charge is -2.27. The average molecular weight is 258 g/mol. The number of hydrogen-bond acceptors (Lipinski definition) is 2. The lowest BCUT2D eigenvalue weighted by atomic mass is 10.1. The topological polar surface area (TPSA) is 29.3 Å². The van der Waals surface area contributed by atoms with Crippen LogP contribution in [0.1, 0.15) is 25.5 Å². The molecule has 0 saturated heterocycles. The van der Waals surface area contributed by atoms with Crippen LogP contribution in [0.4, 0.5) is 15.8 Å². The molecule has 0 aliphatic heterocycles. The summed E-state index contributed by atoms with van der Waals surface area (Å²) in [5.41, 5.74) is 9.16. The first-order valence-electron chi connectivity index (χ1n) is 6.51. The fourth-order valence-electron chi connectivity index (χ4n) is 2.23. The van der Waals surface area contributed by atoms with Gasteiger partial charge in [0, 0.05) is 24.0 Å². The zero-order valence-corrected chi connectivity index (χ0v) is 11.3. The lowest BCUT2D eigenvalue weighted by Crippen LogP contribution is -2.19. The van der Waals surface area contributed by atoms with Gasteiger partial charge < -0.3 is 10.6 Å². The van der Waals surface area contributed by atoms with E-state index in [1.807, 2.05) is 31.2 Å². The summed E-state index contributed by atoms with van der Waals surface area (Å²) in [4.78, 5) is 2.14. The average Bonchev–Trinajstić information content (AvgIpc) is 2.42. The normalized spacial score (nSPS) is 12.2. The Balaban J connectivity index is 2.45. The van der Waals surface area contributed by atoms with Crippen LogP contribution in [0.5, 0.6) is 0 Å². The first kappa shape index (κ1) is 13.6. The summed E-state index contributed by atoms with van der Waals surface area (Å²) in [5.74, 6) is -0.222. The molecule has 0 radical (unpaired) electrons. The molecule has 0 fully saturated rings. The molecule has 0 aromatic heterocycles. The quantitative estimate of drug-likeness (QED) is 0.898. The van der Waals surface area contributed by atoms with Gasteiger partial charge in [-0.2, -0.15) is 0 Å². The Morgan fingerprint density at radius 2 is 1.74 bits per heavy atom. The van der Waals surface area contributed by atoms with E-state index < -0.39 is 0 Å². The number of rotatable bonds is 4. The SMILES string of the molecule is CCN(c1ccc(F)cc1)c1ccccc1[C@H](C)N. The van der Waals surface area contributed by atoms with E-state index in [2.05, 4.69) is 11.8 Å². The molecule has 0 spiro atoms. The number of nitrogens with zero attached hydrogens (tertiary/aromatic N) is 1. The molecule has 0 heterocycles. The summed E-state index contributed by atoms with van der Waals surface area (Å²) in [6.07, 6.45) is 0. The highest BCUT2D eigenvalue weighted by Crippen LogP contribution is 2.31. The molecule has 0 saturated carbocycles. The third-order valence-electron chi connectivity index (χ3n) is 3.17. The monoisotopic (exact) mass is 258 g/mol. The smallest absolute Gasteiger partial charge is 0.123 e. The third kappa shape index (κ3) is 2.93. The van der Waals surface area contributed by atoms with Crippen molar-refractivity contribution in [1.82, 2.24) is 0 Å². The van der Waals surface area contributed by atoms with Crippen molar-refractivity contribution in [1.29, 1.82) is 0 Å². The van der Waals surface area contributed by atoms with Gasteiger partial charge in [-0.3, -0.25) is 0 Å². The number of anilines is 2. The summed E-state index contributed by atoms with van der Waals surface area (Å²) < 4.78 is 13.0. The van der Waals surface area contributed by atoms with E-state index in [4.69, 9.17) is 5.73 Å². The second kappa shape index (κ2) is 5.85. The lowest BCUT2D eigenvalue weighted by molar-refractivity contribution is 0.628. The molecular weight excluding hydrogens is 239 g/mol. The molecular formula is C16H19FN2. The summed E-state index contributed by atoms with van der Waals surface area (Å²) in [6.45, 7) is 4.84. The molecule has 0 bridgehead atoms. The van der Waals surface area contributed by atoms with Crippen molar-refractivity contribution in [3.05, 3.63) is 59.9 Å². The second-order valence-corrected chi connectivity index (χ2v) is 4.57. The van der Waals surface area contributed by atoms with Crippen LogP contribution in [0.25, 0.3) is 0 Å². The minimum absolute atomic E-state index is 0.0364. The van der Waals surface area contributed by atoms with Crippen molar-refractivity contribution in [3.8, 4) is 0 Å². The Labute approximate surface area is 113 Å². The standard InChI is InChI=1S/C16H19FN2/c1-3-19(14-10-8-13(17)9-11-14)16-7-5-4-6-15(16)12(2)18/h4-12H,3,18H2,1-2H3/t12-/m0/s1. The van der Waals surface area contributed by atoms with Crippen LogP contribution >= 0.6 is 0 Å². The predicted molar refractivity (Wildman–Crippen MR) is 78.1 cm³/mol. The van der Waals surface area contributed by atoms with Gasteiger partial charge in [0.15, 0.2) is 0 Å². The molecule has 2 aromatic carbocycles. The number of hydrogen-bond donors (Lipinski definition) is 1. The van der Waals surface area contributed by atoms with Crippen molar-refractivity contribution < 1.29 is 4.39 Å². The van der Waals surface area contributed by atoms with Gasteiger partial charge in [0.2, 0.25) is 0 Å². The maximum absolute atomic E-state index is 13.0. The molecule has 1 atom stereocenters. The van der Waals surface area contributed by atoms with Gasteiger partial charge in [-0.15, -0.1) is 0 Å². The number of nitrogens with two attached hydrogens (primary N) is 1. The highest BCUT2D eigenvalue weighted by Gasteiger charge is 2.13. The van der Waals surface area contributed by atoms with Crippen molar-refractivity contribution in [2.24, 2.45) is 5.73 Å². The molecule has 2 nitrogen and oxygen atoms in total. The number of halogens is 1. The highest BCUT2D eigenvalue weighted by atomic mass is 19.1. The number of benzene rings is 2. The van der Waals surface area contributed by atoms with Crippen molar-refractivity contribution in [3.63, 3.8) is 0 Å². The summed E-state index contributed by atoms with van der Waals surface area (Å²) >= 11 is 0. The van der Waals surface area contributed by atoms with Crippen LogP contribution in [0.3, 0.4) is 0 Å². The van der Waals surface area contributed by atoms with Gasteiger partial charge in [0.25, 0.3) is 0 Å². The molecule has 0 aliphatic rings. The van der Waals surface area contributed by atoms with Gasteiger partial charge in [-0.05, 0) is 49.7 Å². The van der Waals surface area contributed by atoms with E-state index in [0.29, 0.717) is 0 Å². The van der Waals surface area contributed by atoms with E-state index in [9.17, 15) is 4.39 Å². The van der Waals surface area contributed by atoms with E-state index in [0.717, 1.165) is 23.5 Å². The summed E-state index contributed by atoms with van der Waals surface area (Å²) in [7, 11) is 0. The predicted octanol–water partition coefficient (Wildman–Crippen LogP) is 4.00. The molecule has 100 valence electrons. The van der Waals surface area contributed by atoms with Gasteiger partial charge >= 0.3 is 0 Å². The molecule has 2 rings (SSSR count). The van der Waals surface area contributed by atoms with E-state index in [-0.39, 0.29) is 11.9 Å². The molecule has 0 unspecified atom stereocenters. The van der Waals surface area contributed by atoms with Crippen molar-refractivity contribution in [2.75, 3.05) is 11.4 Å². The molecule has 2 N–H and O–H groups in total. The molecule has 19 heavy (non-hydrogen) atoms. The minimum atomic E-state index is -0.222. The first-order valence-corrected chi connectivity index (χ1v) is 6.51. The summed E-state index contributed by atoms with van der Waals surface area (Å²) in [6, 6.07) is 14.6. The second-order valence-electron chi connectivity index (χ2n) is 4.57. The highest BCUT2D eigenvalue weighted by molar-refractivity contribution is 5.66. The maximum atomic E-state index is 13.0. The molecule has 0 amide bonds.